The van der Waals surface area contributed by atoms with Gasteiger partial charge in [0, 0.05) is 12.1 Å². The fourth-order valence-electron chi connectivity index (χ4n) is 2.92. The van der Waals surface area contributed by atoms with Crippen molar-refractivity contribution in [1.82, 2.24) is 25.1 Å². The van der Waals surface area contributed by atoms with Crippen LogP contribution in [-0.2, 0) is 4.74 Å². The molecule has 1 amide bonds. The molecule has 3 aromatic rings. The van der Waals surface area contributed by atoms with Crippen LogP contribution in [0.1, 0.15) is 22.0 Å². The van der Waals surface area contributed by atoms with E-state index in [9.17, 15) is 4.79 Å². The Morgan fingerprint density at radius 3 is 2.60 bits per heavy atom. The maximum Gasteiger partial charge on any atom is 0.254 e. The Hall–Kier alpha value is -3.06. The van der Waals surface area contributed by atoms with Gasteiger partial charge in [0.2, 0.25) is 0 Å². The van der Waals surface area contributed by atoms with E-state index in [1.807, 2.05) is 47.4 Å². The van der Waals surface area contributed by atoms with Crippen LogP contribution in [0.5, 0.6) is 0 Å². The minimum Gasteiger partial charge on any atom is -0.370 e. The zero-order valence-corrected chi connectivity index (χ0v) is 13.5. The van der Waals surface area contributed by atoms with Crippen LogP contribution in [0.15, 0.2) is 60.9 Å². The van der Waals surface area contributed by atoms with E-state index in [2.05, 4.69) is 15.5 Å². The molecular weight excluding hydrogens is 318 g/mol. The summed E-state index contributed by atoms with van der Waals surface area (Å²) in [5, 5.41) is 11.1. The molecule has 0 saturated carbocycles. The van der Waals surface area contributed by atoms with Crippen LogP contribution in [0.25, 0.3) is 5.69 Å². The predicted octanol–water partition coefficient (Wildman–Crippen LogP) is 1.88. The molecule has 0 radical (unpaired) electrons. The van der Waals surface area contributed by atoms with E-state index >= 15 is 0 Å². The number of nitrogens with zero attached hydrogens (tertiary/aromatic N) is 5. The predicted molar refractivity (Wildman–Crippen MR) is 90.2 cm³/mol. The molecule has 1 aliphatic rings. The van der Waals surface area contributed by atoms with Crippen molar-refractivity contribution in [3.8, 4) is 5.69 Å². The summed E-state index contributed by atoms with van der Waals surface area (Å²) in [6.45, 7) is 1.68. The highest BCUT2D eigenvalue weighted by molar-refractivity contribution is 5.94. The van der Waals surface area contributed by atoms with Crippen LogP contribution in [-0.4, -0.2) is 50.7 Å². The third kappa shape index (κ3) is 3.27. The number of amides is 1. The highest BCUT2D eigenvalue weighted by atomic mass is 16.5. The smallest absolute Gasteiger partial charge is 0.254 e. The lowest BCUT2D eigenvalue weighted by Crippen LogP contribution is -2.42. The van der Waals surface area contributed by atoms with Crippen molar-refractivity contribution in [3.05, 3.63) is 72.1 Å². The summed E-state index contributed by atoms with van der Waals surface area (Å²) < 4.78 is 7.38. The Kier molecular flexibility index (Phi) is 4.22. The molecule has 1 atom stereocenters. The second kappa shape index (κ2) is 6.82. The fraction of sp³-hybridized carbons (Fsp3) is 0.222. The topological polar surface area (TPSA) is 73.1 Å². The van der Waals surface area contributed by atoms with Crippen LogP contribution in [0.4, 0.5) is 0 Å². The molecule has 25 heavy (non-hydrogen) atoms. The third-order valence-electron chi connectivity index (χ3n) is 4.25. The third-order valence-corrected chi connectivity index (χ3v) is 4.25. The number of carbonyl (C=O) groups excluding carboxylic acids is 1. The highest BCUT2D eigenvalue weighted by Crippen LogP contribution is 2.23. The largest absolute Gasteiger partial charge is 0.370 e. The minimum atomic E-state index is -0.0839. The van der Waals surface area contributed by atoms with E-state index in [0.717, 1.165) is 11.3 Å². The van der Waals surface area contributed by atoms with Gasteiger partial charge in [-0.3, -0.25) is 4.79 Å². The molecule has 0 spiro atoms. The first-order valence-electron chi connectivity index (χ1n) is 8.10. The van der Waals surface area contributed by atoms with Gasteiger partial charge in [0.15, 0.2) is 0 Å². The number of morpholine rings is 1. The van der Waals surface area contributed by atoms with E-state index in [-0.39, 0.29) is 12.0 Å². The molecule has 0 unspecified atom stereocenters. The molecule has 4 rings (SSSR count). The Labute approximate surface area is 144 Å². The molecule has 2 aromatic carbocycles. The average molecular weight is 335 g/mol. The second-order valence-corrected chi connectivity index (χ2v) is 5.82. The summed E-state index contributed by atoms with van der Waals surface area (Å²) in [6, 6.07) is 17.3. The summed E-state index contributed by atoms with van der Waals surface area (Å²) in [6.07, 6.45) is 1.43. The molecule has 2 heterocycles. The molecule has 0 N–H and O–H groups in total. The summed E-state index contributed by atoms with van der Waals surface area (Å²) in [5.41, 5.74) is 2.55. The number of ether oxygens (including phenoxy) is 1. The number of rotatable bonds is 3. The molecule has 0 aliphatic carbocycles. The second-order valence-electron chi connectivity index (χ2n) is 5.82. The zero-order chi connectivity index (χ0) is 17.1. The summed E-state index contributed by atoms with van der Waals surface area (Å²) >= 11 is 0. The number of carbonyl (C=O) groups is 1. The standard InChI is InChI=1S/C18H17N5O2/c24-18(15-6-8-16(9-7-15)23-13-19-20-21-23)22-10-11-25-17(12-22)14-4-2-1-3-5-14/h1-9,13,17H,10-12H2/t17-/m0/s1. The quantitative estimate of drug-likeness (QED) is 0.731. The first kappa shape index (κ1) is 15.5. The summed E-state index contributed by atoms with van der Waals surface area (Å²) in [7, 11) is 0. The van der Waals surface area contributed by atoms with Crippen molar-refractivity contribution < 1.29 is 9.53 Å². The number of aromatic nitrogens is 4. The maximum atomic E-state index is 12.8. The number of tetrazole rings is 1. The fourth-order valence-corrected chi connectivity index (χ4v) is 2.92. The molecule has 7 heteroatoms. The van der Waals surface area contributed by atoms with Gasteiger partial charge in [-0.2, -0.15) is 0 Å². The molecule has 1 fully saturated rings. The lowest BCUT2D eigenvalue weighted by molar-refractivity contribution is -0.0228. The van der Waals surface area contributed by atoms with E-state index in [4.69, 9.17) is 4.74 Å². The van der Waals surface area contributed by atoms with E-state index in [1.165, 1.54) is 6.33 Å². The Bertz CT molecular complexity index is 834. The Morgan fingerprint density at radius 2 is 1.88 bits per heavy atom. The van der Waals surface area contributed by atoms with Gasteiger partial charge in [-0.25, -0.2) is 4.68 Å². The molecule has 1 aliphatic heterocycles. The van der Waals surface area contributed by atoms with Gasteiger partial charge >= 0.3 is 0 Å². The Morgan fingerprint density at radius 1 is 1.08 bits per heavy atom. The van der Waals surface area contributed by atoms with Crippen molar-refractivity contribution in [2.24, 2.45) is 0 Å². The van der Waals surface area contributed by atoms with Crippen LogP contribution < -0.4 is 0 Å². The molecule has 7 nitrogen and oxygen atoms in total. The van der Waals surface area contributed by atoms with Crippen LogP contribution in [0.3, 0.4) is 0 Å². The van der Waals surface area contributed by atoms with Crippen molar-refractivity contribution in [1.29, 1.82) is 0 Å². The van der Waals surface area contributed by atoms with Gasteiger partial charge in [-0.15, -0.1) is 5.10 Å². The van der Waals surface area contributed by atoms with Gasteiger partial charge in [0.25, 0.3) is 5.91 Å². The SMILES string of the molecule is O=C(c1ccc(-n2cnnn2)cc1)N1CCO[C@H](c2ccccc2)C1. The number of benzene rings is 2. The van der Waals surface area contributed by atoms with E-state index in [1.54, 1.807) is 16.8 Å². The van der Waals surface area contributed by atoms with Gasteiger partial charge in [-0.1, -0.05) is 30.3 Å². The maximum absolute atomic E-state index is 12.8. The monoisotopic (exact) mass is 335 g/mol. The first-order valence-corrected chi connectivity index (χ1v) is 8.10. The van der Waals surface area contributed by atoms with Crippen molar-refractivity contribution >= 4 is 5.91 Å². The van der Waals surface area contributed by atoms with Crippen LogP contribution >= 0.6 is 0 Å². The molecule has 1 aromatic heterocycles. The van der Waals surface area contributed by atoms with Gasteiger partial charge in [-0.05, 0) is 40.3 Å². The average Bonchev–Trinajstić information content (AvgIpc) is 3.23. The Balaban J connectivity index is 1.48. The van der Waals surface area contributed by atoms with Gasteiger partial charge < -0.3 is 9.64 Å². The van der Waals surface area contributed by atoms with Gasteiger partial charge in [0.1, 0.15) is 12.4 Å². The highest BCUT2D eigenvalue weighted by Gasteiger charge is 2.26. The number of hydrogen-bond acceptors (Lipinski definition) is 5. The van der Waals surface area contributed by atoms with Crippen molar-refractivity contribution in [2.45, 2.75) is 6.10 Å². The van der Waals surface area contributed by atoms with E-state index in [0.29, 0.717) is 25.3 Å². The first-order chi connectivity index (χ1) is 12.3. The lowest BCUT2D eigenvalue weighted by atomic mass is 10.1. The van der Waals surface area contributed by atoms with Crippen LogP contribution in [0.2, 0.25) is 0 Å². The zero-order valence-electron chi connectivity index (χ0n) is 13.5. The molecule has 1 saturated heterocycles. The molecule has 126 valence electrons. The summed E-state index contributed by atoms with van der Waals surface area (Å²) in [4.78, 5) is 14.6. The van der Waals surface area contributed by atoms with Crippen molar-refractivity contribution in [2.75, 3.05) is 19.7 Å². The van der Waals surface area contributed by atoms with Crippen molar-refractivity contribution in [3.63, 3.8) is 0 Å². The normalized spacial score (nSPS) is 17.4. The van der Waals surface area contributed by atoms with Gasteiger partial charge in [0.05, 0.1) is 18.8 Å². The summed E-state index contributed by atoms with van der Waals surface area (Å²) in [5.74, 6) is 0.00694. The number of hydrogen-bond donors (Lipinski definition) is 0. The lowest BCUT2D eigenvalue weighted by Gasteiger charge is -2.33. The molecule has 0 bridgehead atoms. The van der Waals surface area contributed by atoms with E-state index < -0.39 is 0 Å². The van der Waals surface area contributed by atoms with Crippen LogP contribution in [0, 0.1) is 0 Å². The minimum absolute atomic E-state index is 0.00694. The molecular formula is C18H17N5O2.